The quantitative estimate of drug-likeness (QED) is 0.682. The van der Waals surface area contributed by atoms with E-state index in [0.29, 0.717) is 31.1 Å². The van der Waals surface area contributed by atoms with Crippen molar-refractivity contribution in [2.24, 2.45) is 0 Å². The van der Waals surface area contributed by atoms with Gasteiger partial charge in [0.1, 0.15) is 6.04 Å². The number of aromatic nitrogens is 1. The van der Waals surface area contributed by atoms with E-state index in [1.807, 2.05) is 36.0 Å². The molecule has 2 heterocycles. The molecule has 0 spiro atoms. The maximum atomic E-state index is 13.1. The zero-order chi connectivity index (χ0) is 22.2. The summed E-state index contributed by atoms with van der Waals surface area (Å²) >= 11 is 0. The lowest BCUT2D eigenvalue weighted by atomic mass is 10.0. The van der Waals surface area contributed by atoms with E-state index in [4.69, 9.17) is 0 Å². The highest BCUT2D eigenvalue weighted by Gasteiger charge is 2.33. The predicted octanol–water partition coefficient (Wildman–Crippen LogP) is 4.40. The topological polar surface area (TPSA) is 48.5 Å². The number of likely N-dealkylation sites (N-methyl/N-ethyl adjacent to an activating group) is 1. The first-order valence-corrected chi connectivity index (χ1v) is 10.6. The molecule has 0 radical (unpaired) electrons. The van der Waals surface area contributed by atoms with Gasteiger partial charge < -0.3 is 10.2 Å². The molecular weight excluding hydrogens is 441 g/mol. The number of pyridine rings is 1. The van der Waals surface area contributed by atoms with Crippen molar-refractivity contribution in [3.05, 3.63) is 59.4 Å². The Bertz CT molecular complexity index is 932. The molecule has 1 amide bonds. The molecule has 2 fully saturated rings. The zero-order valence-corrected chi connectivity index (χ0v) is 18.9. The normalized spacial score (nSPS) is 19.6. The van der Waals surface area contributed by atoms with Crippen molar-refractivity contribution in [1.29, 1.82) is 0 Å². The van der Waals surface area contributed by atoms with E-state index in [9.17, 15) is 18.0 Å². The molecular formula is C23H28ClF3N4O. The van der Waals surface area contributed by atoms with Crippen LogP contribution in [0.2, 0.25) is 0 Å². The molecule has 1 unspecified atom stereocenters. The molecule has 5 nitrogen and oxygen atoms in total. The van der Waals surface area contributed by atoms with Crippen molar-refractivity contribution in [2.45, 2.75) is 43.4 Å². The lowest BCUT2D eigenvalue weighted by Crippen LogP contribution is -2.43. The highest BCUT2D eigenvalue weighted by molar-refractivity contribution is 5.85. The van der Waals surface area contributed by atoms with E-state index in [1.165, 1.54) is 24.6 Å². The van der Waals surface area contributed by atoms with E-state index in [1.54, 1.807) is 0 Å². The number of carbonyl (C=O) groups excluding carboxylic acids is 1. The average molecular weight is 469 g/mol. The highest BCUT2D eigenvalue weighted by Crippen LogP contribution is 2.40. The summed E-state index contributed by atoms with van der Waals surface area (Å²) in [5.41, 5.74) is 1.91. The molecule has 32 heavy (non-hydrogen) atoms. The predicted molar refractivity (Wildman–Crippen MR) is 120 cm³/mol. The third-order valence-corrected chi connectivity index (χ3v) is 6.02. The van der Waals surface area contributed by atoms with Gasteiger partial charge in [-0.05, 0) is 56.5 Å². The van der Waals surface area contributed by atoms with E-state index in [-0.39, 0.29) is 24.4 Å². The van der Waals surface area contributed by atoms with Crippen molar-refractivity contribution in [3.8, 4) is 0 Å². The molecule has 1 aromatic heterocycles. The number of hydrogen-bond acceptors (Lipinski definition) is 4. The number of nitrogens with zero attached hydrogens (tertiary/aromatic N) is 3. The highest BCUT2D eigenvalue weighted by atomic mass is 35.5. The standard InChI is InChI=1S/C23H27F3N4O.ClH/c1-29(2)21(17-7-5-16(6-8-17)15-3-4-15)22(31)28-19-9-10-30(14-19)20-11-18(12-27-13-20)23(24,25)26;/h5-8,11-13,15,19,21H,3-4,9-10,14H2,1-2H3,(H,28,31);1H/t19-,21?;/m1./s1. The Hall–Kier alpha value is -2.32. The van der Waals surface area contributed by atoms with Crippen LogP contribution in [0.25, 0.3) is 0 Å². The number of anilines is 1. The number of nitrogens with one attached hydrogen (secondary N) is 1. The van der Waals surface area contributed by atoms with Crippen LogP contribution in [0.4, 0.5) is 18.9 Å². The van der Waals surface area contributed by atoms with Crippen molar-refractivity contribution >= 4 is 24.0 Å². The first-order valence-electron chi connectivity index (χ1n) is 10.6. The molecule has 1 aliphatic heterocycles. The van der Waals surface area contributed by atoms with Crippen LogP contribution in [-0.2, 0) is 11.0 Å². The number of alkyl halides is 3. The molecule has 1 N–H and O–H groups in total. The monoisotopic (exact) mass is 468 g/mol. The van der Waals surface area contributed by atoms with Crippen molar-refractivity contribution in [3.63, 3.8) is 0 Å². The maximum Gasteiger partial charge on any atom is 0.417 e. The van der Waals surface area contributed by atoms with Gasteiger partial charge in [0.25, 0.3) is 0 Å². The second kappa shape index (κ2) is 9.67. The molecule has 2 aromatic rings. The van der Waals surface area contributed by atoms with E-state index in [2.05, 4.69) is 22.4 Å². The fourth-order valence-corrected chi connectivity index (χ4v) is 4.20. The van der Waals surface area contributed by atoms with Gasteiger partial charge in [0.2, 0.25) is 5.91 Å². The number of carbonyl (C=O) groups is 1. The largest absolute Gasteiger partial charge is 0.417 e. The van der Waals surface area contributed by atoms with E-state index < -0.39 is 17.8 Å². The summed E-state index contributed by atoms with van der Waals surface area (Å²) in [5, 5.41) is 3.09. The Balaban J connectivity index is 0.00000289. The summed E-state index contributed by atoms with van der Waals surface area (Å²) in [4.78, 5) is 20.5. The molecule has 4 rings (SSSR count). The van der Waals surface area contributed by atoms with Crippen LogP contribution in [0.1, 0.15) is 47.9 Å². The Kier molecular flexibility index (Phi) is 7.35. The average Bonchev–Trinajstić information content (AvgIpc) is 3.47. The van der Waals surface area contributed by atoms with Gasteiger partial charge in [-0.3, -0.25) is 14.7 Å². The van der Waals surface area contributed by atoms with Crippen LogP contribution in [0.3, 0.4) is 0 Å². The minimum atomic E-state index is -4.43. The molecule has 174 valence electrons. The molecule has 2 atom stereocenters. The second-order valence-corrected chi connectivity index (χ2v) is 8.68. The molecule has 1 aliphatic carbocycles. The van der Waals surface area contributed by atoms with Gasteiger partial charge in [-0.1, -0.05) is 24.3 Å². The maximum absolute atomic E-state index is 13.1. The molecule has 1 saturated carbocycles. The molecule has 1 aromatic carbocycles. The fraction of sp³-hybridized carbons (Fsp3) is 0.478. The van der Waals surface area contributed by atoms with Crippen LogP contribution >= 0.6 is 12.4 Å². The van der Waals surface area contributed by atoms with Gasteiger partial charge in [0, 0.05) is 25.3 Å². The number of hydrogen-bond donors (Lipinski definition) is 1. The Morgan fingerprint density at radius 3 is 2.44 bits per heavy atom. The number of halogens is 4. The summed E-state index contributed by atoms with van der Waals surface area (Å²) in [6, 6.07) is 8.82. The Morgan fingerprint density at radius 2 is 1.84 bits per heavy atom. The van der Waals surface area contributed by atoms with Crippen molar-refractivity contribution in [2.75, 3.05) is 32.1 Å². The lowest BCUT2D eigenvalue weighted by Gasteiger charge is -2.26. The third kappa shape index (κ3) is 5.53. The lowest BCUT2D eigenvalue weighted by molar-refractivity contribution is -0.137. The summed E-state index contributed by atoms with van der Waals surface area (Å²) < 4.78 is 38.9. The molecule has 9 heteroatoms. The van der Waals surface area contributed by atoms with Gasteiger partial charge >= 0.3 is 6.18 Å². The summed E-state index contributed by atoms with van der Waals surface area (Å²) in [5.74, 6) is 0.564. The van der Waals surface area contributed by atoms with E-state index in [0.717, 1.165) is 17.8 Å². The van der Waals surface area contributed by atoms with Crippen LogP contribution < -0.4 is 10.2 Å². The van der Waals surface area contributed by atoms with Crippen LogP contribution in [-0.4, -0.2) is 49.0 Å². The minimum absolute atomic E-state index is 0. The van der Waals surface area contributed by atoms with Gasteiger partial charge in [-0.25, -0.2) is 0 Å². The van der Waals surface area contributed by atoms with Crippen LogP contribution in [0.5, 0.6) is 0 Å². The number of benzene rings is 1. The summed E-state index contributed by atoms with van der Waals surface area (Å²) in [7, 11) is 3.74. The van der Waals surface area contributed by atoms with Gasteiger partial charge in [0.05, 0.1) is 17.4 Å². The summed E-state index contributed by atoms with van der Waals surface area (Å²) in [6.45, 7) is 1.02. The Labute approximate surface area is 192 Å². The number of amides is 1. The minimum Gasteiger partial charge on any atom is -0.368 e. The van der Waals surface area contributed by atoms with Crippen LogP contribution in [0, 0.1) is 0 Å². The first kappa shape index (κ1) is 24.3. The molecule has 0 bridgehead atoms. The van der Waals surface area contributed by atoms with Crippen molar-refractivity contribution in [1.82, 2.24) is 15.2 Å². The molecule has 1 saturated heterocycles. The third-order valence-electron chi connectivity index (χ3n) is 6.02. The fourth-order valence-electron chi connectivity index (χ4n) is 4.20. The second-order valence-electron chi connectivity index (χ2n) is 8.68. The van der Waals surface area contributed by atoms with Crippen LogP contribution in [0.15, 0.2) is 42.7 Å². The zero-order valence-electron chi connectivity index (χ0n) is 18.1. The van der Waals surface area contributed by atoms with Gasteiger partial charge in [-0.2, -0.15) is 13.2 Å². The first-order chi connectivity index (χ1) is 14.7. The number of rotatable bonds is 6. The molecule has 2 aliphatic rings. The summed E-state index contributed by atoms with van der Waals surface area (Å²) in [6.07, 6.45) is 0.971. The van der Waals surface area contributed by atoms with Gasteiger partial charge in [-0.15, -0.1) is 12.4 Å². The van der Waals surface area contributed by atoms with E-state index >= 15 is 0 Å². The van der Waals surface area contributed by atoms with Gasteiger partial charge in [0.15, 0.2) is 0 Å². The van der Waals surface area contributed by atoms with Crippen molar-refractivity contribution < 1.29 is 18.0 Å². The smallest absolute Gasteiger partial charge is 0.368 e. The SMILES string of the molecule is CN(C)C(C(=O)N[C@@H]1CCN(c2cncc(C(F)(F)F)c2)C1)c1ccc(C2CC2)cc1.Cl. The Morgan fingerprint density at radius 1 is 1.16 bits per heavy atom.